The fourth-order valence-electron chi connectivity index (χ4n) is 3.81. The van der Waals surface area contributed by atoms with Gasteiger partial charge in [-0.2, -0.15) is 0 Å². The molecule has 0 spiro atoms. The minimum atomic E-state index is -0.0748. The molecule has 0 radical (unpaired) electrons. The maximum absolute atomic E-state index is 5.84. The lowest BCUT2D eigenvalue weighted by atomic mass is 9.99. The van der Waals surface area contributed by atoms with E-state index >= 15 is 0 Å². The van der Waals surface area contributed by atoms with Crippen molar-refractivity contribution in [3.05, 3.63) is 77.6 Å². The number of rotatable bonds is 4. The molecule has 1 unspecified atom stereocenters. The van der Waals surface area contributed by atoms with Gasteiger partial charge in [0.1, 0.15) is 17.5 Å². The minimum Gasteiger partial charge on any atom is -0.497 e. The molecule has 0 amide bonds. The van der Waals surface area contributed by atoms with Gasteiger partial charge in [-0.3, -0.25) is 0 Å². The molecular formula is C23H25N3O2S. The number of nitrogens with zero attached hydrogens (tertiary/aromatic N) is 2. The molecular weight excluding hydrogens is 382 g/mol. The number of anilines is 1. The monoisotopic (exact) mass is 407 g/mol. The zero-order valence-electron chi connectivity index (χ0n) is 16.9. The van der Waals surface area contributed by atoms with E-state index in [4.69, 9.17) is 21.7 Å². The van der Waals surface area contributed by atoms with Gasteiger partial charge in [0.2, 0.25) is 0 Å². The Morgan fingerprint density at radius 1 is 1.03 bits per heavy atom. The summed E-state index contributed by atoms with van der Waals surface area (Å²) in [6.45, 7) is 3.75. The number of methoxy groups -OCH3 is 2. The molecule has 150 valence electrons. The van der Waals surface area contributed by atoms with Crippen LogP contribution in [0.4, 0.5) is 5.69 Å². The highest BCUT2D eigenvalue weighted by Crippen LogP contribution is 2.39. The first-order valence-electron chi connectivity index (χ1n) is 9.62. The fraction of sp³-hybridized carbons (Fsp3) is 0.261. The molecule has 0 bridgehead atoms. The predicted molar refractivity (Wildman–Crippen MR) is 120 cm³/mol. The molecule has 1 N–H and O–H groups in total. The second-order valence-corrected chi connectivity index (χ2v) is 7.51. The van der Waals surface area contributed by atoms with Gasteiger partial charge >= 0.3 is 0 Å². The van der Waals surface area contributed by atoms with E-state index in [0.29, 0.717) is 5.11 Å². The van der Waals surface area contributed by atoms with Crippen LogP contribution in [0.1, 0.15) is 22.9 Å². The summed E-state index contributed by atoms with van der Waals surface area (Å²) in [5, 5.41) is 4.09. The van der Waals surface area contributed by atoms with E-state index in [1.165, 1.54) is 11.3 Å². The van der Waals surface area contributed by atoms with E-state index in [9.17, 15) is 0 Å². The van der Waals surface area contributed by atoms with E-state index in [1.807, 2.05) is 18.2 Å². The number of ether oxygens (including phenoxy) is 2. The van der Waals surface area contributed by atoms with Gasteiger partial charge in [-0.05, 0) is 61.6 Å². The van der Waals surface area contributed by atoms with Crippen molar-refractivity contribution in [1.82, 2.24) is 9.47 Å². The van der Waals surface area contributed by atoms with Crippen molar-refractivity contribution in [2.75, 3.05) is 26.1 Å². The van der Waals surface area contributed by atoms with Crippen LogP contribution < -0.4 is 14.8 Å². The SMILES string of the molecule is COc1ccc(OC)c(C2c3cccn3CCN2C(=S)Nc2ccc(C)cc2)c1. The zero-order chi connectivity index (χ0) is 20.4. The van der Waals surface area contributed by atoms with Gasteiger partial charge in [0, 0.05) is 36.2 Å². The summed E-state index contributed by atoms with van der Waals surface area (Å²) in [6.07, 6.45) is 2.11. The number of nitrogens with one attached hydrogen (secondary N) is 1. The Kier molecular flexibility index (Phi) is 5.45. The van der Waals surface area contributed by atoms with Crippen LogP contribution in [0.3, 0.4) is 0 Å². The third kappa shape index (κ3) is 3.80. The average molecular weight is 408 g/mol. The van der Waals surface area contributed by atoms with Crippen molar-refractivity contribution in [2.45, 2.75) is 19.5 Å². The van der Waals surface area contributed by atoms with Crippen LogP contribution in [-0.4, -0.2) is 35.3 Å². The summed E-state index contributed by atoms with van der Waals surface area (Å²) < 4.78 is 13.5. The van der Waals surface area contributed by atoms with E-state index < -0.39 is 0 Å². The number of aryl methyl sites for hydroxylation is 1. The molecule has 4 rings (SSSR count). The third-order valence-electron chi connectivity index (χ3n) is 5.33. The van der Waals surface area contributed by atoms with Crippen molar-refractivity contribution >= 4 is 23.0 Å². The first kappa shape index (κ1) is 19.3. The summed E-state index contributed by atoms with van der Waals surface area (Å²) >= 11 is 5.84. The lowest BCUT2D eigenvalue weighted by Gasteiger charge is -2.39. The molecule has 0 aliphatic carbocycles. The maximum atomic E-state index is 5.84. The molecule has 1 atom stereocenters. The molecule has 2 aromatic carbocycles. The molecule has 1 aliphatic heterocycles. The Labute approximate surface area is 176 Å². The number of thiocarbonyl (C=S) groups is 1. The topological polar surface area (TPSA) is 38.7 Å². The molecule has 5 nitrogen and oxygen atoms in total. The molecule has 0 fully saturated rings. The summed E-state index contributed by atoms with van der Waals surface area (Å²) in [4.78, 5) is 2.22. The second kappa shape index (κ2) is 8.17. The van der Waals surface area contributed by atoms with Crippen molar-refractivity contribution < 1.29 is 9.47 Å². The van der Waals surface area contributed by atoms with Crippen molar-refractivity contribution in [2.24, 2.45) is 0 Å². The van der Waals surface area contributed by atoms with Crippen LogP contribution in [0.2, 0.25) is 0 Å². The maximum Gasteiger partial charge on any atom is 0.174 e. The first-order valence-corrected chi connectivity index (χ1v) is 10.0. The molecule has 6 heteroatoms. The molecule has 3 aromatic rings. The molecule has 2 heterocycles. The minimum absolute atomic E-state index is 0.0748. The smallest absolute Gasteiger partial charge is 0.174 e. The highest BCUT2D eigenvalue weighted by atomic mass is 32.1. The molecule has 0 saturated heterocycles. The molecule has 1 aromatic heterocycles. The number of aromatic nitrogens is 1. The quantitative estimate of drug-likeness (QED) is 0.639. The van der Waals surface area contributed by atoms with E-state index in [1.54, 1.807) is 14.2 Å². The lowest BCUT2D eigenvalue weighted by molar-refractivity contribution is 0.284. The van der Waals surface area contributed by atoms with Crippen LogP contribution >= 0.6 is 12.2 Å². The van der Waals surface area contributed by atoms with Gasteiger partial charge in [0.05, 0.1) is 14.2 Å². The Bertz CT molecular complexity index is 1010. The Morgan fingerprint density at radius 3 is 2.55 bits per heavy atom. The van der Waals surface area contributed by atoms with Gasteiger partial charge < -0.3 is 24.3 Å². The van der Waals surface area contributed by atoms with E-state index in [2.05, 4.69) is 64.3 Å². The van der Waals surface area contributed by atoms with E-state index in [-0.39, 0.29) is 6.04 Å². The summed E-state index contributed by atoms with van der Waals surface area (Å²) in [5.74, 6) is 1.61. The van der Waals surface area contributed by atoms with Gasteiger partial charge in [0.25, 0.3) is 0 Å². The van der Waals surface area contributed by atoms with Crippen LogP contribution in [0.5, 0.6) is 11.5 Å². The molecule has 0 saturated carbocycles. The van der Waals surface area contributed by atoms with E-state index in [0.717, 1.165) is 35.8 Å². The van der Waals surface area contributed by atoms with Crippen molar-refractivity contribution in [3.8, 4) is 11.5 Å². The highest BCUT2D eigenvalue weighted by Gasteiger charge is 2.33. The summed E-state index contributed by atoms with van der Waals surface area (Å²) in [5.41, 5.74) is 4.41. The van der Waals surface area contributed by atoms with Gasteiger partial charge in [-0.15, -0.1) is 0 Å². The van der Waals surface area contributed by atoms with Gasteiger partial charge in [-0.1, -0.05) is 17.7 Å². The van der Waals surface area contributed by atoms with Crippen LogP contribution in [0.25, 0.3) is 0 Å². The molecule has 29 heavy (non-hydrogen) atoms. The van der Waals surface area contributed by atoms with Gasteiger partial charge in [0.15, 0.2) is 5.11 Å². The molecule has 1 aliphatic rings. The number of fused-ring (bicyclic) bond motifs is 1. The second-order valence-electron chi connectivity index (χ2n) is 7.13. The standard InChI is InChI=1S/C23H25N3O2S/c1-16-6-8-17(9-7-16)24-23(29)26-14-13-25-12-4-5-20(25)22(26)19-15-18(27-2)10-11-21(19)28-3/h4-12,15,22H,13-14H2,1-3H3,(H,24,29). The number of hydrogen-bond acceptors (Lipinski definition) is 3. The van der Waals surface area contributed by atoms with Crippen molar-refractivity contribution in [1.29, 1.82) is 0 Å². The lowest BCUT2D eigenvalue weighted by Crippen LogP contribution is -2.44. The van der Waals surface area contributed by atoms with Crippen LogP contribution in [0, 0.1) is 6.92 Å². The van der Waals surface area contributed by atoms with Gasteiger partial charge in [-0.25, -0.2) is 0 Å². The van der Waals surface area contributed by atoms with Crippen molar-refractivity contribution in [3.63, 3.8) is 0 Å². The van der Waals surface area contributed by atoms with Crippen LogP contribution in [-0.2, 0) is 6.54 Å². The Balaban J connectivity index is 1.73. The first-order chi connectivity index (χ1) is 14.1. The highest BCUT2D eigenvalue weighted by molar-refractivity contribution is 7.80. The average Bonchev–Trinajstić information content (AvgIpc) is 3.23. The Hall–Kier alpha value is -2.99. The predicted octanol–water partition coefficient (Wildman–Crippen LogP) is 4.62. The summed E-state index contributed by atoms with van der Waals surface area (Å²) in [7, 11) is 3.37. The number of hydrogen-bond donors (Lipinski definition) is 1. The third-order valence-corrected chi connectivity index (χ3v) is 5.67. The number of benzene rings is 2. The van der Waals surface area contributed by atoms with Crippen LogP contribution in [0.15, 0.2) is 60.8 Å². The zero-order valence-corrected chi connectivity index (χ0v) is 17.7. The summed E-state index contributed by atoms with van der Waals surface area (Å²) in [6, 6.07) is 18.3. The normalized spacial score (nSPS) is 15.6. The Morgan fingerprint density at radius 2 is 1.83 bits per heavy atom. The fourth-order valence-corrected chi connectivity index (χ4v) is 4.13. The largest absolute Gasteiger partial charge is 0.497 e.